The van der Waals surface area contributed by atoms with Crippen LogP contribution in [0, 0.1) is 0 Å². The van der Waals surface area contributed by atoms with Gasteiger partial charge < -0.3 is 39.7 Å². The van der Waals surface area contributed by atoms with Gasteiger partial charge in [0.05, 0.1) is 13.2 Å². The second-order valence-electron chi connectivity index (χ2n) is 9.48. The number of ether oxygens (including phenoxy) is 2. The van der Waals surface area contributed by atoms with Gasteiger partial charge in [-0.3, -0.25) is 18.2 Å². The van der Waals surface area contributed by atoms with Gasteiger partial charge in [-0.1, -0.05) is 13.8 Å². The molecule has 2 unspecified atom stereocenters. The predicted molar refractivity (Wildman–Crippen MR) is 154 cm³/mol. The highest BCUT2D eigenvalue weighted by molar-refractivity contribution is 7.99. The number of thioether (sulfide) groups is 2. The monoisotopic (exact) mass is 718 g/mol. The molecule has 2 saturated heterocycles. The van der Waals surface area contributed by atoms with Crippen molar-refractivity contribution < 1.29 is 62.2 Å². The van der Waals surface area contributed by atoms with Crippen molar-refractivity contribution in [2.24, 2.45) is 0 Å². The Bertz CT molecular complexity index is 1440. The number of phosphoric acid groups is 2. The van der Waals surface area contributed by atoms with Crippen LogP contribution in [0.2, 0.25) is 0 Å². The molecule has 0 radical (unpaired) electrons. The Morgan fingerprint density at radius 1 is 0.756 bits per heavy atom. The molecule has 2 aliphatic heterocycles. The average molecular weight is 719 g/mol. The van der Waals surface area contributed by atoms with Crippen molar-refractivity contribution in [2.45, 2.75) is 73.0 Å². The lowest BCUT2D eigenvalue weighted by atomic mass is 10.1. The molecular formula is C22H32N4O15P2S2. The minimum absolute atomic E-state index is 0.426. The summed E-state index contributed by atoms with van der Waals surface area (Å²) in [5, 5.41) is 42.3. The number of phosphoric ester groups is 2. The number of aromatic nitrogens is 4. The highest BCUT2D eigenvalue weighted by Crippen LogP contribution is 2.60. The highest BCUT2D eigenvalue weighted by Gasteiger charge is 2.48. The molecule has 45 heavy (non-hydrogen) atoms. The molecule has 2 aliphatic rings. The van der Waals surface area contributed by atoms with E-state index in [1.807, 2.05) is 13.8 Å². The van der Waals surface area contributed by atoms with E-state index < -0.39 is 89.3 Å². The molecule has 2 fully saturated rings. The molecule has 0 saturated carbocycles. The van der Waals surface area contributed by atoms with Crippen LogP contribution in [-0.2, 0) is 32.0 Å². The van der Waals surface area contributed by atoms with Gasteiger partial charge in [0.2, 0.25) is 0 Å². The van der Waals surface area contributed by atoms with Crippen molar-refractivity contribution >= 4 is 39.2 Å². The number of aliphatic hydroxyl groups is 4. The fraction of sp³-hybridized carbons (Fsp3) is 0.636. The van der Waals surface area contributed by atoms with Gasteiger partial charge in [-0.05, 0) is 23.6 Å². The largest absolute Gasteiger partial charge is 0.481 e. The molecule has 0 bridgehead atoms. The van der Waals surface area contributed by atoms with Crippen LogP contribution < -0.4 is 11.4 Å². The van der Waals surface area contributed by atoms with E-state index >= 15 is 0 Å². The van der Waals surface area contributed by atoms with E-state index in [2.05, 4.69) is 23.3 Å². The highest BCUT2D eigenvalue weighted by atomic mass is 32.2. The van der Waals surface area contributed by atoms with E-state index in [0.29, 0.717) is 21.6 Å². The average Bonchev–Trinajstić information content (AvgIpc) is 3.40. The third-order valence-electron chi connectivity index (χ3n) is 6.43. The maximum Gasteiger partial charge on any atom is 0.481 e. The second kappa shape index (κ2) is 15.1. The summed E-state index contributed by atoms with van der Waals surface area (Å²) in [6, 6.07) is 2.99. The molecule has 0 aliphatic carbocycles. The Morgan fingerprint density at radius 3 is 1.47 bits per heavy atom. The van der Waals surface area contributed by atoms with E-state index in [1.54, 1.807) is 0 Å². The van der Waals surface area contributed by atoms with Gasteiger partial charge in [-0.2, -0.15) is 14.3 Å². The number of aliphatic hydroxyl groups excluding tert-OH is 4. The summed E-state index contributed by atoms with van der Waals surface area (Å²) >= 11 is 2.60. The lowest BCUT2D eigenvalue weighted by Gasteiger charge is -2.20. The van der Waals surface area contributed by atoms with Gasteiger partial charge >= 0.3 is 27.0 Å². The van der Waals surface area contributed by atoms with Crippen molar-refractivity contribution in [3.8, 4) is 0 Å². The summed E-state index contributed by atoms with van der Waals surface area (Å²) in [4.78, 5) is 52.4. The summed E-state index contributed by atoms with van der Waals surface area (Å²) in [5.41, 5.74) is -1.58. The van der Waals surface area contributed by atoms with Crippen LogP contribution in [-0.4, -0.2) is 111 Å². The van der Waals surface area contributed by atoms with E-state index in [1.165, 1.54) is 48.1 Å². The smallest absolute Gasteiger partial charge is 0.387 e. The summed E-state index contributed by atoms with van der Waals surface area (Å²) in [6.45, 7) is 1.84. The van der Waals surface area contributed by atoms with Crippen LogP contribution in [0.15, 0.2) is 44.2 Å². The van der Waals surface area contributed by atoms with E-state index in [4.69, 9.17) is 9.47 Å². The van der Waals surface area contributed by atoms with Crippen LogP contribution >= 0.6 is 39.2 Å². The Morgan fingerprint density at radius 2 is 1.13 bits per heavy atom. The first kappa shape index (κ1) is 36.3. The molecule has 0 spiro atoms. The zero-order valence-corrected chi connectivity index (χ0v) is 27.0. The minimum Gasteiger partial charge on any atom is -0.387 e. The standard InChI is InChI=1S/C22H32N4O15P2S2/c1-3-44-13-5-7-25(21(31)23-13)19-17(29)15(27)11(39-19)9-37-42(33,34)41-43(35,36)38-10-12-16(28)18(30)20(40-12)26-8-6-14(45-4-2)24-22(26)32/h5-8,11-12,15-20,27-30H,3-4,9-10H2,1-2H3,(H,33,34)(H,35,36)/t11-,12-,15-,16-,17-,18-,19-,20-/m1/s1. The summed E-state index contributed by atoms with van der Waals surface area (Å²) < 4.78 is 51.1. The van der Waals surface area contributed by atoms with Crippen molar-refractivity contribution in [2.75, 3.05) is 24.7 Å². The van der Waals surface area contributed by atoms with E-state index in [9.17, 15) is 48.9 Å². The van der Waals surface area contributed by atoms with Gasteiger partial charge in [0, 0.05) is 12.4 Å². The SMILES string of the molecule is CCSc1ccn([C@@H]2O[C@H](COP(=O)(O)OP(=O)(O)OC[C@H]3O[C@@H](n4ccc(SCC)nc4=O)[C@H](O)[C@@H]3O)[C@@H](O)[C@H]2O)c(=O)n1. The summed E-state index contributed by atoms with van der Waals surface area (Å²) in [6.07, 6.45) is -10.0. The molecule has 23 heteroatoms. The molecule has 4 heterocycles. The van der Waals surface area contributed by atoms with Crippen LogP contribution in [0.5, 0.6) is 0 Å². The molecule has 0 amide bonds. The fourth-order valence-corrected chi connectivity index (χ4v) is 7.63. The first-order chi connectivity index (χ1) is 21.2. The topological polar surface area (TPSA) is 271 Å². The number of rotatable bonds is 14. The van der Waals surface area contributed by atoms with E-state index in [-0.39, 0.29) is 0 Å². The van der Waals surface area contributed by atoms with Crippen molar-refractivity contribution in [3.05, 3.63) is 45.5 Å². The normalized spacial score (nSPS) is 31.1. The van der Waals surface area contributed by atoms with Crippen molar-refractivity contribution in [1.82, 2.24) is 19.1 Å². The van der Waals surface area contributed by atoms with Crippen LogP contribution in [0.4, 0.5) is 0 Å². The lowest BCUT2D eigenvalue weighted by Crippen LogP contribution is -2.36. The third-order valence-corrected chi connectivity index (χ3v) is 10.7. The summed E-state index contributed by atoms with van der Waals surface area (Å²) in [5.74, 6) is 1.31. The number of hydrogen-bond acceptors (Lipinski definition) is 17. The zero-order valence-electron chi connectivity index (χ0n) is 23.6. The molecular weight excluding hydrogens is 686 g/mol. The minimum atomic E-state index is -5.40. The van der Waals surface area contributed by atoms with Gasteiger partial charge in [0.15, 0.2) is 12.5 Å². The van der Waals surface area contributed by atoms with Crippen molar-refractivity contribution in [3.63, 3.8) is 0 Å². The van der Waals surface area contributed by atoms with E-state index in [0.717, 1.165) is 9.13 Å². The molecule has 0 aromatic carbocycles. The van der Waals surface area contributed by atoms with Crippen LogP contribution in [0.1, 0.15) is 26.3 Å². The lowest BCUT2D eigenvalue weighted by molar-refractivity contribution is -0.0568. The summed E-state index contributed by atoms with van der Waals surface area (Å²) in [7, 11) is -10.8. The molecule has 6 N–H and O–H groups in total. The van der Waals surface area contributed by atoms with Crippen molar-refractivity contribution in [1.29, 1.82) is 0 Å². The molecule has 2 aromatic heterocycles. The van der Waals surface area contributed by atoms with Gasteiger partial charge in [-0.25, -0.2) is 18.7 Å². The Balaban J connectivity index is 1.31. The number of hydrogen-bond donors (Lipinski definition) is 6. The Kier molecular flexibility index (Phi) is 12.2. The van der Waals surface area contributed by atoms with Crippen LogP contribution in [0.3, 0.4) is 0 Å². The third kappa shape index (κ3) is 8.89. The predicted octanol–water partition coefficient (Wildman–Crippen LogP) is -0.787. The van der Waals surface area contributed by atoms with Gasteiger partial charge in [0.1, 0.15) is 46.7 Å². The fourth-order valence-electron chi connectivity index (χ4n) is 4.34. The quantitative estimate of drug-likeness (QED) is 0.0793. The maximum atomic E-state index is 12.4. The van der Waals surface area contributed by atoms with Gasteiger partial charge in [0.25, 0.3) is 0 Å². The Hall–Kier alpha value is -1.52. The zero-order chi connectivity index (χ0) is 33.1. The maximum absolute atomic E-state index is 12.4. The second-order valence-corrected chi connectivity index (χ2v) is 15.1. The van der Waals surface area contributed by atoms with Gasteiger partial charge in [-0.15, -0.1) is 23.5 Å². The first-order valence-corrected chi connectivity index (χ1v) is 18.3. The number of nitrogens with zero attached hydrogens (tertiary/aromatic N) is 4. The molecule has 10 atom stereocenters. The molecule has 19 nitrogen and oxygen atoms in total. The van der Waals surface area contributed by atoms with Crippen LogP contribution in [0.25, 0.3) is 0 Å². The molecule has 4 rings (SSSR count). The molecule has 2 aromatic rings. The Labute approximate surface area is 263 Å². The first-order valence-electron chi connectivity index (χ1n) is 13.3. The molecule has 252 valence electrons.